The van der Waals surface area contributed by atoms with Crippen LogP contribution < -0.4 is 5.32 Å². The second-order valence-electron chi connectivity index (χ2n) is 8.17. The maximum absolute atomic E-state index is 14.9. The SMILES string of the molecule is O=C(Nc1cccc(Cl)c1)c1ccc(F)c(S(=O)(=O)N(CCc2ccccc2)Cc2ccccc2)c1. The van der Waals surface area contributed by atoms with Crippen molar-refractivity contribution in [3.05, 3.63) is 131 Å². The molecule has 4 aromatic carbocycles. The molecule has 0 saturated heterocycles. The molecule has 0 aliphatic carbocycles. The Morgan fingerprint density at radius 1 is 0.833 bits per heavy atom. The molecule has 0 saturated carbocycles. The number of carbonyl (C=O) groups is 1. The first-order chi connectivity index (χ1) is 17.3. The van der Waals surface area contributed by atoms with E-state index in [1.165, 1.54) is 10.4 Å². The molecule has 0 aliphatic rings. The first-order valence-corrected chi connectivity index (χ1v) is 13.1. The minimum Gasteiger partial charge on any atom is -0.322 e. The molecule has 0 bridgehead atoms. The molecule has 0 heterocycles. The molecule has 0 aromatic heterocycles. The van der Waals surface area contributed by atoms with Gasteiger partial charge in [-0.3, -0.25) is 4.79 Å². The van der Waals surface area contributed by atoms with Crippen LogP contribution in [0.3, 0.4) is 0 Å². The number of hydrogen-bond acceptors (Lipinski definition) is 3. The van der Waals surface area contributed by atoms with E-state index < -0.39 is 26.6 Å². The minimum atomic E-state index is -4.28. The summed E-state index contributed by atoms with van der Waals surface area (Å²) in [6.07, 6.45) is 0.448. The number of carbonyl (C=O) groups excluding carboxylic acids is 1. The molecule has 4 rings (SSSR count). The van der Waals surface area contributed by atoms with Gasteiger partial charge in [0.25, 0.3) is 5.91 Å². The zero-order chi connectivity index (χ0) is 25.5. The van der Waals surface area contributed by atoms with Gasteiger partial charge in [0, 0.05) is 29.4 Å². The number of anilines is 1. The van der Waals surface area contributed by atoms with Crippen LogP contribution in [0.5, 0.6) is 0 Å². The Bertz CT molecular complexity index is 1450. The van der Waals surface area contributed by atoms with E-state index in [0.717, 1.165) is 23.3 Å². The van der Waals surface area contributed by atoms with Crippen molar-refractivity contribution in [3.63, 3.8) is 0 Å². The van der Waals surface area contributed by atoms with E-state index in [1.54, 1.807) is 24.3 Å². The maximum Gasteiger partial charge on any atom is 0.255 e. The van der Waals surface area contributed by atoms with E-state index in [1.807, 2.05) is 60.7 Å². The Balaban J connectivity index is 1.64. The summed E-state index contributed by atoms with van der Waals surface area (Å²) in [7, 11) is -4.28. The molecule has 0 aliphatic heterocycles. The second-order valence-corrected chi connectivity index (χ2v) is 10.5. The van der Waals surface area contributed by atoms with Crippen molar-refractivity contribution < 1.29 is 17.6 Å². The summed E-state index contributed by atoms with van der Waals surface area (Å²) in [5, 5.41) is 3.09. The fourth-order valence-electron chi connectivity index (χ4n) is 3.72. The fraction of sp³-hybridized carbons (Fsp3) is 0.107. The quantitative estimate of drug-likeness (QED) is 0.286. The Morgan fingerprint density at radius 2 is 1.50 bits per heavy atom. The lowest BCUT2D eigenvalue weighted by atomic mass is 10.1. The lowest BCUT2D eigenvalue weighted by Gasteiger charge is -2.23. The Kier molecular flexibility index (Phi) is 8.15. The summed E-state index contributed by atoms with van der Waals surface area (Å²) in [5.41, 5.74) is 2.18. The summed E-state index contributed by atoms with van der Waals surface area (Å²) in [6, 6.07) is 28.5. The van der Waals surface area contributed by atoms with Crippen LogP contribution in [0.2, 0.25) is 5.02 Å². The summed E-state index contributed by atoms with van der Waals surface area (Å²) >= 11 is 5.97. The van der Waals surface area contributed by atoms with Gasteiger partial charge in [0.1, 0.15) is 10.7 Å². The predicted octanol–water partition coefficient (Wildman–Crippen LogP) is 6.17. The van der Waals surface area contributed by atoms with Crippen molar-refractivity contribution in [1.82, 2.24) is 4.31 Å². The molecule has 4 aromatic rings. The van der Waals surface area contributed by atoms with E-state index in [2.05, 4.69) is 5.32 Å². The van der Waals surface area contributed by atoms with E-state index in [-0.39, 0.29) is 18.7 Å². The molecule has 0 fully saturated rings. The Labute approximate surface area is 215 Å². The van der Waals surface area contributed by atoms with Gasteiger partial charge in [-0.25, -0.2) is 12.8 Å². The second kappa shape index (κ2) is 11.5. The standard InChI is InChI=1S/C28H24ClFN2O3S/c29-24-12-7-13-25(19-24)31-28(33)23-14-15-26(30)27(18-23)36(34,35)32(20-22-10-5-2-6-11-22)17-16-21-8-3-1-4-9-21/h1-15,18-19H,16-17,20H2,(H,31,33). The molecule has 0 spiro atoms. The van der Waals surface area contributed by atoms with Crippen LogP contribution in [0.4, 0.5) is 10.1 Å². The molecule has 0 radical (unpaired) electrons. The van der Waals surface area contributed by atoms with Gasteiger partial charge in [0.2, 0.25) is 10.0 Å². The monoisotopic (exact) mass is 522 g/mol. The number of rotatable bonds is 9. The van der Waals surface area contributed by atoms with Crippen LogP contribution in [-0.4, -0.2) is 25.2 Å². The predicted molar refractivity (Wildman–Crippen MR) is 140 cm³/mol. The van der Waals surface area contributed by atoms with E-state index in [9.17, 15) is 17.6 Å². The van der Waals surface area contributed by atoms with E-state index >= 15 is 0 Å². The van der Waals surface area contributed by atoms with Crippen molar-refractivity contribution in [3.8, 4) is 0 Å². The van der Waals surface area contributed by atoms with Gasteiger partial charge in [-0.05, 0) is 53.9 Å². The highest BCUT2D eigenvalue weighted by Gasteiger charge is 2.28. The number of hydrogen-bond donors (Lipinski definition) is 1. The molecule has 1 amide bonds. The fourth-order valence-corrected chi connectivity index (χ4v) is 5.43. The average Bonchev–Trinajstić information content (AvgIpc) is 2.88. The number of nitrogens with one attached hydrogen (secondary N) is 1. The molecule has 0 unspecified atom stereocenters. The lowest BCUT2D eigenvalue weighted by molar-refractivity contribution is 0.102. The number of sulfonamides is 1. The maximum atomic E-state index is 14.9. The van der Waals surface area contributed by atoms with Crippen molar-refractivity contribution >= 4 is 33.2 Å². The first-order valence-electron chi connectivity index (χ1n) is 11.3. The summed E-state index contributed by atoms with van der Waals surface area (Å²) in [5.74, 6) is -1.50. The molecule has 0 atom stereocenters. The normalized spacial score (nSPS) is 11.4. The van der Waals surface area contributed by atoms with Crippen molar-refractivity contribution in [1.29, 1.82) is 0 Å². The number of nitrogens with zero attached hydrogens (tertiary/aromatic N) is 1. The summed E-state index contributed by atoms with van der Waals surface area (Å²) in [6.45, 7) is 0.202. The largest absolute Gasteiger partial charge is 0.322 e. The molecular formula is C28H24ClFN2O3S. The number of amides is 1. The van der Waals surface area contributed by atoms with Gasteiger partial charge >= 0.3 is 0 Å². The molecule has 1 N–H and O–H groups in total. The third-order valence-corrected chi connectivity index (χ3v) is 7.68. The van der Waals surface area contributed by atoms with Crippen molar-refractivity contribution in [2.24, 2.45) is 0 Å². The molecular weight excluding hydrogens is 499 g/mol. The molecule has 184 valence electrons. The Morgan fingerprint density at radius 3 is 2.17 bits per heavy atom. The molecule has 8 heteroatoms. The average molecular weight is 523 g/mol. The highest BCUT2D eigenvalue weighted by Crippen LogP contribution is 2.24. The van der Waals surface area contributed by atoms with Gasteiger partial charge in [-0.1, -0.05) is 78.3 Å². The van der Waals surface area contributed by atoms with Crippen LogP contribution in [0.25, 0.3) is 0 Å². The van der Waals surface area contributed by atoms with Crippen LogP contribution in [0.1, 0.15) is 21.5 Å². The zero-order valence-corrected chi connectivity index (χ0v) is 20.8. The van der Waals surface area contributed by atoms with Crippen LogP contribution in [0, 0.1) is 5.82 Å². The van der Waals surface area contributed by atoms with Crippen LogP contribution in [-0.2, 0) is 23.0 Å². The summed E-state index contributed by atoms with van der Waals surface area (Å²) < 4.78 is 43.5. The van der Waals surface area contributed by atoms with Gasteiger partial charge in [0.05, 0.1) is 0 Å². The Hall–Kier alpha value is -3.52. The van der Waals surface area contributed by atoms with Gasteiger partial charge in [0.15, 0.2) is 0 Å². The smallest absolute Gasteiger partial charge is 0.255 e. The van der Waals surface area contributed by atoms with Gasteiger partial charge in [-0.2, -0.15) is 4.31 Å². The summed E-state index contributed by atoms with van der Waals surface area (Å²) in [4.78, 5) is 12.3. The van der Waals surface area contributed by atoms with Crippen molar-refractivity contribution in [2.75, 3.05) is 11.9 Å². The van der Waals surface area contributed by atoms with Crippen LogP contribution >= 0.6 is 11.6 Å². The van der Waals surface area contributed by atoms with E-state index in [0.29, 0.717) is 17.1 Å². The zero-order valence-electron chi connectivity index (χ0n) is 19.3. The number of benzene rings is 4. The van der Waals surface area contributed by atoms with Gasteiger partial charge in [-0.15, -0.1) is 0 Å². The highest BCUT2D eigenvalue weighted by atomic mass is 35.5. The highest BCUT2D eigenvalue weighted by molar-refractivity contribution is 7.89. The van der Waals surface area contributed by atoms with E-state index in [4.69, 9.17) is 11.6 Å². The third kappa shape index (κ3) is 6.37. The third-order valence-electron chi connectivity index (χ3n) is 5.59. The molecule has 36 heavy (non-hydrogen) atoms. The molecule has 5 nitrogen and oxygen atoms in total. The minimum absolute atomic E-state index is 0.0117. The van der Waals surface area contributed by atoms with Gasteiger partial charge < -0.3 is 5.32 Å². The number of halogens is 2. The van der Waals surface area contributed by atoms with Crippen molar-refractivity contribution in [2.45, 2.75) is 17.9 Å². The topological polar surface area (TPSA) is 66.5 Å². The first kappa shape index (κ1) is 25.6. The van der Waals surface area contributed by atoms with Crippen LogP contribution in [0.15, 0.2) is 108 Å². The lowest BCUT2D eigenvalue weighted by Crippen LogP contribution is -2.33.